The number of carbonyl (C=O) groups is 1. The van der Waals surface area contributed by atoms with E-state index in [0.29, 0.717) is 11.3 Å². The maximum Gasteiger partial charge on any atom is 0.171 e. The van der Waals surface area contributed by atoms with Crippen LogP contribution in [0.25, 0.3) is 0 Å². The standard InChI is InChI=1S/C20H15NO2/c22-18-14-20(15-6-2-1-3-7-15,16-10-12-21-13-11-16)23-19-9-5-4-8-17(18)19/h1-13H,14H2/t20-/m0/s1. The summed E-state index contributed by atoms with van der Waals surface area (Å²) in [7, 11) is 0. The summed E-state index contributed by atoms with van der Waals surface area (Å²) in [5.74, 6) is 0.719. The molecule has 23 heavy (non-hydrogen) atoms. The zero-order valence-electron chi connectivity index (χ0n) is 12.5. The van der Waals surface area contributed by atoms with Crippen molar-refractivity contribution < 1.29 is 9.53 Å². The molecule has 112 valence electrons. The predicted molar refractivity (Wildman–Crippen MR) is 87.5 cm³/mol. The maximum absolute atomic E-state index is 12.8. The molecule has 0 N–H and O–H groups in total. The van der Waals surface area contributed by atoms with Crippen LogP contribution < -0.4 is 4.74 Å². The number of ketones is 1. The van der Waals surface area contributed by atoms with Crippen LogP contribution in [0.15, 0.2) is 79.1 Å². The molecular weight excluding hydrogens is 286 g/mol. The normalized spacial score (nSPS) is 19.7. The molecule has 0 aliphatic carbocycles. The molecule has 0 amide bonds. The van der Waals surface area contributed by atoms with Crippen LogP contribution in [-0.2, 0) is 5.60 Å². The third-order valence-corrected chi connectivity index (χ3v) is 4.27. The lowest BCUT2D eigenvalue weighted by molar-refractivity contribution is 0.0616. The molecule has 0 fully saturated rings. The largest absolute Gasteiger partial charge is 0.477 e. The molecule has 0 saturated heterocycles. The number of carbonyl (C=O) groups excluding carboxylic acids is 1. The lowest BCUT2D eigenvalue weighted by Gasteiger charge is -2.38. The molecule has 0 unspecified atom stereocenters. The number of para-hydroxylation sites is 1. The Morgan fingerprint density at radius 3 is 2.26 bits per heavy atom. The smallest absolute Gasteiger partial charge is 0.171 e. The van der Waals surface area contributed by atoms with E-state index in [9.17, 15) is 4.79 Å². The van der Waals surface area contributed by atoms with E-state index in [-0.39, 0.29) is 12.2 Å². The Balaban J connectivity index is 1.94. The number of benzene rings is 2. The van der Waals surface area contributed by atoms with Crippen LogP contribution in [0.1, 0.15) is 27.9 Å². The Morgan fingerprint density at radius 1 is 0.826 bits per heavy atom. The SMILES string of the molecule is O=C1C[C@](c2ccccc2)(c2ccncc2)Oc2ccccc21. The van der Waals surface area contributed by atoms with E-state index in [2.05, 4.69) is 4.98 Å². The summed E-state index contributed by atoms with van der Waals surface area (Å²) in [6, 6.07) is 21.1. The summed E-state index contributed by atoms with van der Waals surface area (Å²) in [5.41, 5.74) is 1.74. The molecule has 1 aromatic heterocycles. The number of aromatic nitrogens is 1. The molecule has 1 aliphatic rings. The lowest BCUT2D eigenvalue weighted by atomic mass is 9.79. The van der Waals surface area contributed by atoms with Crippen LogP contribution in [0, 0.1) is 0 Å². The van der Waals surface area contributed by atoms with Gasteiger partial charge in [0, 0.05) is 23.5 Å². The zero-order chi connectivity index (χ0) is 15.7. The maximum atomic E-state index is 12.8. The summed E-state index contributed by atoms with van der Waals surface area (Å²) in [4.78, 5) is 16.8. The summed E-state index contributed by atoms with van der Waals surface area (Å²) < 4.78 is 6.41. The van der Waals surface area contributed by atoms with E-state index in [4.69, 9.17) is 4.74 Å². The fraction of sp³-hybridized carbons (Fsp3) is 0.100. The Bertz CT molecular complexity index is 804. The Labute approximate surface area is 134 Å². The van der Waals surface area contributed by atoms with Crippen molar-refractivity contribution in [1.29, 1.82) is 0 Å². The van der Waals surface area contributed by atoms with Gasteiger partial charge in [0.25, 0.3) is 0 Å². The van der Waals surface area contributed by atoms with Crippen molar-refractivity contribution in [3.05, 3.63) is 95.8 Å². The van der Waals surface area contributed by atoms with Crippen molar-refractivity contribution in [2.24, 2.45) is 0 Å². The summed E-state index contributed by atoms with van der Waals surface area (Å²) in [6.07, 6.45) is 3.74. The third-order valence-electron chi connectivity index (χ3n) is 4.27. The van der Waals surface area contributed by atoms with Crippen LogP contribution >= 0.6 is 0 Å². The quantitative estimate of drug-likeness (QED) is 0.718. The topological polar surface area (TPSA) is 39.2 Å². The molecule has 0 bridgehead atoms. The summed E-state index contributed by atoms with van der Waals surface area (Å²) >= 11 is 0. The number of Topliss-reactive ketones (excluding diaryl/α,β-unsaturated/α-hetero) is 1. The molecular formula is C20H15NO2. The van der Waals surface area contributed by atoms with Crippen molar-refractivity contribution in [1.82, 2.24) is 4.98 Å². The van der Waals surface area contributed by atoms with Gasteiger partial charge in [-0.25, -0.2) is 0 Å². The molecule has 1 aliphatic heterocycles. The molecule has 1 atom stereocenters. The van der Waals surface area contributed by atoms with E-state index < -0.39 is 5.60 Å². The number of nitrogens with zero attached hydrogens (tertiary/aromatic N) is 1. The fourth-order valence-electron chi connectivity index (χ4n) is 3.15. The van der Waals surface area contributed by atoms with Crippen LogP contribution in [0.4, 0.5) is 0 Å². The number of hydrogen-bond acceptors (Lipinski definition) is 3. The van der Waals surface area contributed by atoms with Crippen molar-refractivity contribution in [3.63, 3.8) is 0 Å². The molecule has 0 spiro atoms. The molecule has 3 nitrogen and oxygen atoms in total. The number of ether oxygens (including phenoxy) is 1. The lowest BCUT2D eigenvalue weighted by Crippen LogP contribution is -2.40. The first-order valence-electron chi connectivity index (χ1n) is 7.57. The van der Waals surface area contributed by atoms with Gasteiger partial charge in [0.15, 0.2) is 11.4 Å². The average molecular weight is 301 g/mol. The predicted octanol–water partition coefficient (Wildman–Crippen LogP) is 3.99. The van der Waals surface area contributed by atoms with Gasteiger partial charge in [-0.3, -0.25) is 9.78 Å². The van der Waals surface area contributed by atoms with Crippen molar-refractivity contribution in [2.45, 2.75) is 12.0 Å². The van der Waals surface area contributed by atoms with E-state index in [1.54, 1.807) is 12.4 Å². The van der Waals surface area contributed by atoms with E-state index in [1.807, 2.05) is 66.7 Å². The van der Waals surface area contributed by atoms with Gasteiger partial charge in [0.05, 0.1) is 12.0 Å². The first-order valence-corrected chi connectivity index (χ1v) is 7.57. The van der Waals surface area contributed by atoms with Gasteiger partial charge in [0.2, 0.25) is 0 Å². The minimum absolute atomic E-state index is 0.0903. The van der Waals surface area contributed by atoms with Gasteiger partial charge in [-0.2, -0.15) is 0 Å². The Kier molecular flexibility index (Phi) is 3.19. The second-order valence-corrected chi connectivity index (χ2v) is 5.63. The van der Waals surface area contributed by atoms with Gasteiger partial charge in [-0.15, -0.1) is 0 Å². The summed E-state index contributed by atoms with van der Waals surface area (Å²) in [6.45, 7) is 0. The van der Waals surface area contributed by atoms with Crippen LogP contribution in [-0.4, -0.2) is 10.8 Å². The van der Waals surface area contributed by atoms with Crippen molar-refractivity contribution in [3.8, 4) is 5.75 Å². The highest BCUT2D eigenvalue weighted by molar-refractivity contribution is 6.00. The van der Waals surface area contributed by atoms with Gasteiger partial charge in [-0.05, 0) is 24.3 Å². The highest BCUT2D eigenvalue weighted by atomic mass is 16.5. The molecule has 2 aromatic carbocycles. The van der Waals surface area contributed by atoms with E-state index >= 15 is 0 Å². The summed E-state index contributed by atoms with van der Waals surface area (Å²) in [5, 5.41) is 0. The number of rotatable bonds is 2. The monoisotopic (exact) mass is 301 g/mol. The Hall–Kier alpha value is -2.94. The van der Waals surface area contributed by atoms with E-state index in [0.717, 1.165) is 11.1 Å². The second-order valence-electron chi connectivity index (χ2n) is 5.63. The first-order chi connectivity index (χ1) is 11.3. The highest BCUT2D eigenvalue weighted by Gasteiger charge is 2.43. The van der Waals surface area contributed by atoms with Crippen molar-refractivity contribution >= 4 is 5.78 Å². The fourth-order valence-corrected chi connectivity index (χ4v) is 3.15. The minimum Gasteiger partial charge on any atom is -0.477 e. The van der Waals surface area contributed by atoms with Gasteiger partial charge in [0.1, 0.15) is 5.75 Å². The highest BCUT2D eigenvalue weighted by Crippen LogP contribution is 2.43. The zero-order valence-corrected chi connectivity index (χ0v) is 12.5. The molecule has 3 aromatic rings. The van der Waals surface area contributed by atoms with Crippen molar-refractivity contribution in [2.75, 3.05) is 0 Å². The number of fused-ring (bicyclic) bond motifs is 1. The second kappa shape index (κ2) is 5.36. The van der Waals surface area contributed by atoms with E-state index in [1.165, 1.54) is 0 Å². The van der Waals surface area contributed by atoms with Gasteiger partial charge < -0.3 is 4.74 Å². The molecule has 0 radical (unpaired) electrons. The van der Waals surface area contributed by atoms with Crippen LogP contribution in [0.5, 0.6) is 5.75 Å². The van der Waals surface area contributed by atoms with Gasteiger partial charge >= 0.3 is 0 Å². The van der Waals surface area contributed by atoms with Gasteiger partial charge in [-0.1, -0.05) is 42.5 Å². The van der Waals surface area contributed by atoms with Crippen LogP contribution in [0.2, 0.25) is 0 Å². The third kappa shape index (κ3) is 2.21. The molecule has 2 heterocycles. The first kappa shape index (κ1) is 13.7. The van der Waals surface area contributed by atoms with Crippen LogP contribution in [0.3, 0.4) is 0 Å². The average Bonchev–Trinajstić information content (AvgIpc) is 2.63. The minimum atomic E-state index is -0.810. The number of pyridine rings is 1. The molecule has 3 heteroatoms. The Morgan fingerprint density at radius 2 is 1.48 bits per heavy atom. The molecule has 0 saturated carbocycles. The molecule has 4 rings (SSSR count). The number of hydrogen-bond donors (Lipinski definition) is 0.